The van der Waals surface area contributed by atoms with Gasteiger partial charge in [0.1, 0.15) is 6.17 Å². The molecule has 1 atom stereocenters. The van der Waals surface area contributed by atoms with Gasteiger partial charge in [-0.05, 0) is 33.4 Å². The second kappa shape index (κ2) is 6.40. The number of anilines is 1. The molecule has 0 spiro atoms. The van der Waals surface area contributed by atoms with E-state index >= 15 is 0 Å². The Balaban J connectivity index is 2.78. The lowest BCUT2D eigenvalue weighted by Crippen LogP contribution is -2.35. The fourth-order valence-electron chi connectivity index (χ4n) is 1.64. The molecule has 17 heavy (non-hydrogen) atoms. The van der Waals surface area contributed by atoms with Crippen LogP contribution in [0.3, 0.4) is 0 Å². The van der Waals surface area contributed by atoms with Crippen molar-refractivity contribution in [2.24, 2.45) is 4.99 Å². The molecule has 0 aliphatic carbocycles. The largest absolute Gasteiger partial charge is 0.398 e. The van der Waals surface area contributed by atoms with Crippen molar-refractivity contribution < 1.29 is 0 Å². The topological polar surface area (TPSA) is 41.6 Å². The van der Waals surface area contributed by atoms with E-state index in [9.17, 15) is 0 Å². The minimum absolute atomic E-state index is 0.217. The van der Waals surface area contributed by atoms with Crippen LogP contribution in [0.2, 0.25) is 0 Å². The van der Waals surface area contributed by atoms with E-state index in [1.54, 1.807) is 0 Å². The Labute approximate surface area is 104 Å². The molecule has 0 bridgehead atoms. The SMILES string of the molecule is CCC(/N=C\c1ccccc1N)N(C)C(C)C. The number of benzene rings is 1. The summed E-state index contributed by atoms with van der Waals surface area (Å²) in [6.07, 6.45) is 3.09. The Morgan fingerprint density at radius 3 is 2.53 bits per heavy atom. The zero-order valence-electron chi connectivity index (χ0n) is 11.2. The highest BCUT2D eigenvalue weighted by Gasteiger charge is 2.13. The summed E-state index contributed by atoms with van der Waals surface area (Å²) in [5.41, 5.74) is 7.64. The van der Waals surface area contributed by atoms with Gasteiger partial charge in [0.05, 0.1) is 0 Å². The Bertz CT molecular complexity index is 371. The molecule has 2 N–H and O–H groups in total. The van der Waals surface area contributed by atoms with Crippen molar-refractivity contribution in [1.29, 1.82) is 0 Å². The molecule has 3 nitrogen and oxygen atoms in total. The van der Waals surface area contributed by atoms with E-state index in [2.05, 4.69) is 37.7 Å². The maximum Gasteiger partial charge on any atom is 0.102 e. The van der Waals surface area contributed by atoms with Crippen LogP contribution in [0.25, 0.3) is 0 Å². The molecular formula is C14H23N3. The second-order valence-corrected chi connectivity index (χ2v) is 4.56. The molecule has 1 aromatic rings. The highest BCUT2D eigenvalue weighted by atomic mass is 15.2. The van der Waals surface area contributed by atoms with E-state index in [4.69, 9.17) is 5.73 Å². The molecular weight excluding hydrogens is 210 g/mol. The number of nitrogens with zero attached hydrogens (tertiary/aromatic N) is 2. The summed E-state index contributed by atoms with van der Waals surface area (Å²) >= 11 is 0. The van der Waals surface area contributed by atoms with Gasteiger partial charge < -0.3 is 5.73 Å². The van der Waals surface area contributed by atoms with Crippen molar-refractivity contribution in [1.82, 2.24) is 4.90 Å². The Kier molecular flexibility index (Phi) is 5.16. The molecule has 0 amide bonds. The van der Waals surface area contributed by atoms with Crippen molar-refractivity contribution >= 4 is 11.9 Å². The zero-order chi connectivity index (χ0) is 12.8. The lowest BCUT2D eigenvalue weighted by Gasteiger charge is -2.27. The summed E-state index contributed by atoms with van der Waals surface area (Å²) in [5.74, 6) is 0. The first-order valence-corrected chi connectivity index (χ1v) is 6.15. The minimum Gasteiger partial charge on any atom is -0.398 e. The van der Waals surface area contributed by atoms with Crippen molar-refractivity contribution in [2.45, 2.75) is 39.4 Å². The summed E-state index contributed by atoms with van der Waals surface area (Å²) in [7, 11) is 2.10. The van der Waals surface area contributed by atoms with Crippen LogP contribution in [-0.4, -0.2) is 30.4 Å². The third-order valence-corrected chi connectivity index (χ3v) is 3.03. The molecule has 0 aliphatic heterocycles. The first-order valence-electron chi connectivity index (χ1n) is 6.15. The predicted octanol–water partition coefficient (Wildman–Crippen LogP) is 2.76. The summed E-state index contributed by atoms with van der Waals surface area (Å²) < 4.78 is 0. The van der Waals surface area contributed by atoms with Crippen LogP contribution < -0.4 is 5.73 Å². The predicted molar refractivity (Wildman–Crippen MR) is 75.4 cm³/mol. The maximum absolute atomic E-state index is 5.88. The smallest absolute Gasteiger partial charge is 0.102 e. The molecule has 0 aromatic heterocycles. The van der Waals surface area contributed by atoms with E-state index in [1.165, 1.54) is 0 Å². The zero-order valence-corrected chi connectivity index (χ0v) is 11.2. The molecule has 0 saturated carbocycles. The number of rotatable bonds is 5. The molecule has 0 heterocycles. The molecule has 1 rings (SSSR count). The van der Waals surface area contributed by atoms with Gasteiger partial charge in [-0.15, -0.1) is 0 Å². The number of hydrogen-bond donors (Lipinski definition) is 1. The molecule has 1 unspecified atom stereocenters. The van der Waals surface area contributed by atoms with Crippen molar-refractivity contribution in [3.8, 4) is 0 Å². The van der Waals surface area contributed by atoms with Crippen LogP contribution in [0.15, 0.2) is 29.3 Å². The van der Waals surface area contributed by atoms with Crippen LogP contribution in [0.5, 0.6) is 0 Å². The van der Waals surface area contributed by atoms with E-state index in [0.717, 1.165) is 17.7 Å². The lowest BCUT2D eigenvalue weighted by molar-refractivity contribution is 0.197. The number of nitrogens with two attached hydrogens (primary N) is 1. The van der Waals surface area contributed by atoms with Gasteiger partial charge in [0.15, 0.2) is 0 Å². The maximum atomic E-state index is 5.88. The van der Waals surface area contributed by atoms with E-state index in [1.807, 2.05) is 30.5 Å². The van der Waals surface area contributed by atoms with Gasteiger partial charge in [0.2, 0.25) is 0 Å². The van der Waals surface area contributed by atoms with Crippen LogP contribution >= 0.6 is 0 Å². The van der Waals surface area contributed by atoms with Gasteiger partial charge in [-0.1, -0.05) is 25.1 Å². The summed E-state index contributed by atoms with van der Waals surface area (Å²) in [6.45, 7) is 6.50. The van der Waals surface area contributed by atoms with Crippen LogP contribution in [-0.2, 0) is 0 Å². The van der Waals surface area contributed by atoms with Gasteiger partial charge in [-0.2, -0.15) is 0 Å². The molecule has 0 aliphatic rings. The molecule has 0 saturated heterocycles. The normalized spacial score (nSPS) is 13.8. The van der Waals surface area contributed by atoms with Gasteiger partial charge >= 0.3 is 0 Å². The fraction of sp³-hybridized carbons (Fsp3) is 0.500. The molecule has 0 radical (unpaired) electrons. The van der Waals surface area contributed by atoms with Crippen molar-refractivity contribution in [3.05, 3.63) is 29.8 Å². The highest BCUT2D eigenvalue weighted by Crippen LogP contribution is 2.11. The van der Waals surface area contributed by atoms with E-state index in [0.29, 0.717) is 6.04 Å². The van der Waals surface area contributed by atoms with E-state index in [-0.39, 0.29) is 6.17 Å². The Morgan fingerprint density at radius 2 is 2.00 bits per heavy atom. The van der Waals surface area contributed by atoms with Crippen molar-refractivity contribution in [2.75, 3.05) is 12.8 Å². The summed E-state index contributed by atoms with van der Waals surface area (Å²) in [6, 6.07) is 8.29. The van der Waals surface area contributed by atoms with Crippen molar-refractivity contribution in [3.63, 3.8) is 0 Å². The first-order chi connectivity index (χ1) is 8.06. The first kappa shape index (κ1) is 13.7. The van der Waals surface area contributed by atoms with Crippen LogP contribution in [0.1, 0.15) is 32.8 Å². The van der Waals surface area contributed by atoms with Gasteiger partial charge in [-0.3, -0.25) is 9.89 Å². The number of hydrogen-bond acceptors (Lipinski definition) is 3. The average Bonchev–Trinajstić information content (AvgIpc) is 2.31. The third kappa shape index (κ3) is 3.86. The number of nitrogen functional groups attached to an aromatic ring is 1. The monoisotopic (exact) mass is 233 g/mol. The van der Waals surface area contributed by atoms with E-state index < -0.39 is 0 Å². The molecule has 94 valence electrons. The van der Waals surface area contributed by atoms with Crippen LogP contribution in [0.4, 0.5) is 5.69 Å². The van der Waals surface area contributed by atoms with Crippen LogP contribution in [0, 0.1) is 0 Å². The Hall–Kier alpha value is -1.35. The molecule has 3 heteroatoms. The second-order valence-electron chi connectivity index (χ2n) is 4.56. The molecule has 0 fully saturated rings. The van der Waals surface area contributed by atoms with Gasteiger partial charge in [0, 0.05) is 23.5 Å². The number of para-hydroxylation sites is 1. The average molecular weight is 233 g/mol. The standard InChI is InChI=1S/C14H23N3/c1-5-14(17(4)11(2)3)16-10-12-8-6-7-9-13(12)15/h6-11,14H,5,15H2,1-4H3/b16-10-. The molecule has 1 aromatic carbocycles. The third-order valence-electron chi connectivity index (χ3n) is 3.03. The minimum atomic E-state index is 0.217. The Morgan fingerprint density at radius 1 is 1.35 bits per heavy atom. The lowest BCUT2D eigenvalue weighted by atomic mass is 10.2. The summed E-state index contributed by atoms with van der Waals surface area (Å²) in [4.78, 5) is 6.87. The highest BCUT2D eigenvalue weighted by molar-refractivity contribution is 5.86. The summed E-state index contributed by atoms with van der Waals surface area (Å²) in [5, 5.41) is 0. The fourth-order valence-corrected chi connectivity index (χ4v) is 1.64. The van der Waals surface area contributed by atoms with Gasteiger partial charge in [-0.25, -0.2) is 0 Å². The van der Waals surface area contributed by atoms with Gasteiger partial charge in [0.25, 0.3) is 0 Å². The number of aliphatic imine (C=N–C) groups is 1. The quantitative estimate of drug-likeness (QED) is 0.627.